The van der Waals surface area contributed by atoms with E-state index >= 15 is 0 Å². The van der Waals surface area contributed by atoms with Gasteiger partial charge in [-0.25, -0.2) is 0 Å². The first-order valence-corrected chi connectivity index (χ1v) is 8.54. The predicted molar refractivity (Wildman–Crippen MR) is 97.6 cm³/mol. The van der Waals surface area contributed by atoms with Crippen molar-refractivity contribution in [2.75, 3.05) is 38.2 Å². The van der Waals surface area contributed by atoms with Crippen LogP contribution in [-0.4, -0.2) is 63.6 Å². The van der Waals surface area contributed by atoms with Crippen LogP contribution in [0, 0.1) is 0 Å². The number of nitrogens with one attached hydrogen (secondary N) is 1. The van der Waals surface area contributed by atoms with Crippen LogP contribution in [0.4, 0.5) is 5.82 Å². The van der Waals surface area contributed by atoms with Crippen molar-refractivity contribution in [3.63, 3.8) is 0 Å². The van der Waals surface area contributed by atoms with Crippen LogP contribution in [0.5, 0.6) is 0 Å². The number of rotatable bonds is 4. The largest absolute Gasteiger partial charge is 0.379 e. The second kappa shape index (κ2) is 7.19. The quantitative estimate of drug-likeness (QED) is 0.762. The molecule has 2 aromatic heterocycles. The summed E-state index contributed by atoms with van der Waals surface area (Å²) in [6.45, 7) is 3.20. The van der Waals surface area contributed by atoms with E-state index in [0.717, 1.165) is 35.1 Å². The van der Waals surface area contributed by atoms with Crippen LogP contribution in [0.2, 0.25) is 0 Å². The summed E-state index contributed by atoms with van der Waals surface area (Å²) in [7, 11) is 1.89. The van der Waals surface area contributed by atoms with E-state index < -0.39 is 0 Å². The van der Waals surface area contributed by atoms with E-state index in [0.29, 0.717) is 25.6 Å². The number of carbonyl (C=O) groups is 1. The Kier molecular flexibility index (Phi) is 4.59. The van der Waals surface area contributed by atoms with Gasteiger partial charge in [0.1, 0.15) is 0 Å². The van der Waals surface area contributed by atoms with E-state index in [1.54, 1.807) is 4.68 Å². The predicted octanol–water partition coefficient (Wildman–Crippen LogP) is 1.30. The first-order valence-electron chi connectivity index (χ1n) is 8.54. The molecule has 1 aliphatic heterocycles. The second-order valence-corrected chi connectivity index (χ2v) is 6.34. The molecular formula is C18H20N6O2. The summed E-state index contributed by atoms with van der Waals surface area (Å²) in [4.78, 5) is 14.3. The molecule has 0 unspecified atom stereocenters. The molecule has 1 aromatic carbocycles. The van der Waals surface area contributed by atoms with Crippen molar-refractivity contribution in [1.82, 2.24) is 24.9 Å². The maximum absolute atomic E-state index is 12.2. The van der Waals surface area contributed by atoms with Crippen molar-refractivity contribution in [2.24, 2.45) is 7.05 Å². The Labute approximate surface area is 150 Å². The first kappa shape index (κ1) is 16.6. The zero-order valence-electron chi connectivity index (χ0n) is 14.6. The fourth-order valence-corrected chi connectivity index (χ4v) is 3.00. The van der Waals surface area contributed by atoms with E-state index in [9.17, 15) is 4.79 Å². The molecule has 8 nitrogen and oxygen atoms in total. The monoisotopic (exact) mass is 352 g/mol. The molecule has 3 heterocycles. The summed E-state index contributed by atoms with van der Waals surface area (Å²) in [5.41, 5.74) is 2.86. The molecule has 0 atom stereocenters. The average Bonchev–Trinajstić information content (AvgIpc) is 3.08. The normalized spacial score (nSPS) is 15.3. The molecule has 3 aromatic rings. The highest BCUT2D eigenvalue weighted by molar-refractivity contribution is 5.93. The summed E-state index contributed by atoms with van der Waals surface area (Å²) in [6.07, 6.45) is 3.78. The number of amides is 1. The zero-order valence-corrected chi connectivity index (χ0v) is 14.6. The van der Waals surface area contributed by atoms with E-state index in [4.69, 9.17) is 4.74 Å². The third-order valence-electron chi connectivity index (χ3n) is 4.36. The summed E-state index contributed by atoms with van der Waals surface area (Å²) in [6, 6.07) is 7.78. The third kappa shape index (κ3) is 3.71. The number of fused-ring (bicyclic) bond motifs is 1. The molecule has 4 rings (SSSR count). The van der Waals surface area contributed by atoms with Crippen LogP contribution in [-0.2, 0) is 16.6 Å². The number of morpholine rings is 1. The minimum absolute atomic E-state index is 0.0936. The smallest absolute Gasteiger partial charge is 0.239 e. The minimum atomic E-state index is -0.0936. The number of aryl methyl sites for hydroxylation is 1. The van der Waals surface area contributed by atoms with Crippen molar-refractivity contribution in [3.05, 3.63) is 36.7 Å². The van der Waals surface area contributed by atoms with Gasteiger partial charge in [0.25, 0.3) is 0 Å². The molecule has 1 amide bonds. The van der Waals surface area contributed by atoms with Gasteiger partial charge in [-0.3, -0.25) is 14.4 Å². The van der Waals surface area contributed by atoms with Crippen LogP contribution in [0.15, 0.2) is 36.7 Å². The van der Waals surface area contributed by atoms with E-state index in [1.807, 2.05) is 43.7 Å². The number of carbonyl (C=O) groups excluding carboxylic acids is 1. The molecule has 1 aliphatic rings. The molecule has 134 valence electrons. The molecule has 1 fully saturated rings. The van der Waals surface area contributed by atoms with Crippen LogP contribution >= 0.6 is 0 Å². The van der Waals surface area contributed by atoms with Crippen LogP contribution in [0.1, 0.15) is 0 Å². The molecule has 0 bridgehead atoms. The Hall–Kier alpha value is -2.84. The molecule has 8 heteroatoms. The highest BCUT2D eigenvalue weighted by Gasteiger charge is 2.15. The summed E-state index contributed by atoms with van der Waals surface area (Å²) in [5.74, 6) is 0.364. The first-order chi connectivity index (χ1) is 12.7. The van der Waals surface area contributed by atoms with Crippen molar-refractivity contribution in [1.29, 1.82) is 0 Å². The van der Waals surface area contributed by atoms with Gasteiger partial charge < -0.3 is 10.1 Å². The Morgan fingerprint density at radius 2 is 2.04 bits per heavy atom. The third-order valence-corrected chi connectivity index (χ3v) is 4.36. The topological polar surface area (TPSA) is 85.2 Å². The molecule has 0 spiro atoms. The lowest BCUT2D eigenvalue weighted by atomic mass is 10.1. The van der Waals surface area contributed by atoms with Crippen molar-refractivity contribution in [3.8, 4) is 11.1 Å². The Morgan fingerprint density at radius 3 is 2.81 bits per heavy atom. The minimum Gasteiger partial charge on any atom is -0.379 e. The maximum Gasteiger partial charge on any atom is 0.239 e. The lowest BCUT2D eigenvalue weighted by Gasteiger charge is -2.25. The number of nitrogens with zero attached hydrogens (tertiary/aromatic N) is 5. The second-order valence-electron chi connectivity index (χ2n) is 6.34. The fourth-order valence-electron chi connectivity index (χ4n) is 3.00. The van der Waals surface area contributed by atoms with Crippen LogP contribution < -0.4 is 5.32 Å². The lowest BCUT2D eigenvalue weighted by Crippen LogP contribution is -2.41. The number of benzene rings is 1. The van der Waals surface area contributed by atoms with Gasteiger partial charge in [-0.2, -0.15) is 5.10 Å². The number of hydrogen-bond donors (Lipinski definition) is 1. The highest BCUT2D eigenvalue weighted by Crippen LogP contribution is 2.24. The molecule has 26 heavy (non-hydrogen) atoms. The van der Waals surface area contributed by atoms with E-state index in [1.165, 1.54) is 0 Å². The average molecular weight is 352 g/mol. The number of ether oxygens (including phenoxy) is 1. The number of aromatic nitrogens is 4. The van der Waals surface area contributed by atoms with Gasteiger partial charge in [0.05, 0.1) is 31.5 Å². The Bertz CT molecular complexity index is 932. The van der Waals surface area contributed by atoms with Gasteiger partial charge in [-0.1, -0.05) is 6.07 Å². The lowest BCUT2D eigenvalue weighted by molar-refractivity contribution is -0.118. The molecule has 1 N–H and O–H groups in total. The SMILES string of the molecule is Cn1cc(-c2ccc3nnc(NC(=O)CN4CCOCC4)cc3c2)cn1. The zero-order chi connectivity index (χ0) is 17.9. The Morgan fingerprint density at radius 1 is 1.19 bits per heavy atom. The number of hydrogen-bond acceptors (Lipinski definition) is 6. The number of anilines is 1. The fraction of sp³-hybridized carbons (Fsp3) is 0.333. The van der Waals surface area contributed by atoms with Gasteiger partial charge in [-0.15, -0.1) is 10.2 Å². The molecular weight excluding hydrogens is 332 g/mol. The van der Waals surface area contributed by atoms with Gasteiger partial charge in [-0.05, 0) is 23.8 Å². The maximum atomic E-state index is 12.2. The van der Waals surface area contributed by atoms with Gasteiger partial charge in [0.15, 0.2) is 5.82 Å². The molecule has 1 saturated heterocycles. The van der Waals surface area contributed by atoms with Gasteiger partial charge in [0.2, 0.25) is 5.91 Å². The standard InChI is InChI=1S/C18H20N6O2/c1-23-11-15(10-19-23)13-2-3-16-14(8-13)9-17(22-21-16)20-18(25)12-24-4-6-26-7-5-24/h2-3,8-11H,4-7,12H2,1H3,(H,20,22,25). The summed E-state index contributed by atoms with van der Waals surface area (Å²) in [5, 5.41) is 16.3. The van der Waals surface area contributed by atoms with Crippen molar-refractivity contribution >= 4 is 22.6 Å². The summed E-state index contributed by atoms with van der Waals surface area (Å²) >= 11 is 0. The van der Waals surface area contributed by atoms with Crippen LogP contribution in [0.25, 0.3) is 22.0 Å². The van der Waals surface area contributed by atoms with Crippen LogP contribution in [0.3, 0.4) is 0 Å². The van der Waals surface area contributed by atoms with Crippen molar-refractivity contribution in [2.45, 2.75) is 0 Å². The molecule has 0 aliphatic carbocycles. The highest BCUT2D eigenvalue weighted by atomic mass is 16.5. The van der Waals surface area contributed by atoms with E-state index in [-0.39, 0.29) is 5.91 Å². The molecule has 0 radical (unpaired) electrons. The van der Waals surface area contributed by atoms with Gasteiger partial charge in [0, 0.05) is 37.3 Å². The Balaban J connectivity index is 1.51. The van der Waals surface area contributed by atoms with Crippen molar-refractivity contribution < 1.29 is 9.53 Å². The summed E-state index contributed by atoms with van der Waals surface area (Å²) < 4.78 is 7.06. The van der Waals surface area contributed by atoms with E-state index in [2.05, 4.69) is 25.5 Å². The van der Waals surface area contributed by atoms with Gasteiger partial charge >= 0.3 is 0 Å². The molecule has 0 saturated carbocycles.